The van der Waals surface area contributed by atoms with E-state index in [9.17, 15) is 4.79 Å². The van der Waals surface area contributed by atoms with Crippen LogP contribution in [-0.2, 0) is 11.2 Å². The maximum absolute atomic E-state index is 12.1. The first-order chi connectivity index (χ1) is 9.20. The zero-order valence-electron chi connectivity index (χ0n) is 11.0. The van der Waals surface area contributed by atoms with Gasteiger partial charge in [0.05, 0.1) is 12.1 Å². The highest BCUT2D eigenvalue weighted by Crippen LogP contribution is 2.29. The van der Waals surface area contributed by atoms with Crippen molar-refractivity contribution < 1.29 is 4.79 Å². The van der Waals surface area contributed by atoms with Gasteiger partial charge in [-0.3, -0.25) is 9.69 Å². The second-order valence-corrected chi connectivity index (χ2v) is 6.37. The van der Waals surface area contributed by atoms with Crippen molar-refractivity contribution in [2.75, 3.05) is 38.5 Å². The van der Waals surface area contributed by atoms with Crippen molar-refractivity contribution in [1.82, 2.24) is 14.8 Å². The minimum absolute atomic E-state index is 0.177. The van der Waals surface area contributed by atoms with Gasteiger partial charge in [0.25, 0.3) is 0 Å². The van der Waals surface area contributed by atoms with Gasteiger partial charge in [-0.25, -0.2) is 4.98 Å². The molecular formula is C13H20N4OS. The van der Waals surface area contributed by atoms with E-state index in [0.29, 0.717) is 11.6 Å². The highest BCUT2D eigenvalue weighted by atomic mass is 32.1. The van der Waals surface area contributed by atoms with Crippen molar-refractivity contribution in [1.29, 1.82) is 0 Å². The monoisotopic (exact) mass is 280 g/mol. The predicted octanol–water partition coefficient (Wildman–Crippen LogP) is 0.822. The van der Waals surface area contributed by atoms with Crippen LogP contribution in [0, 0.1) is 5.92 Å². The van der Waals surface area contributed by atoms with E-state index in [4.69, 9.17) is 5.73 Å². The first-order valence-corrected chi connectivity index (χ1v) is 7.78. The number of rotatable bonds is 4. The van der Waals surface area contributed by atoms with Crippen LogP contribution in [0.2, 0.25) is 0 Å². The lowest BCUT2D eigenvalue weighted by Crippen LogP contribution is -2.49. The van der Waals surface area contributed by atoms with Crippen molar-refractivity contribution in [3.8, 4) is 0 Å². The molecule has 1 amide bonds. The summed E-state index contributed by atoms with van der Waals surface area (Å²) in [5.74, 6) is 1.11. The number of nitrogen functional groups attached to an aromatic ring is 1. The highest BCUT2D eigenvalue weighted by Gasteiger charge is 2.27. The first kappa shape index (κ1) is 12.9. The number of carbonyl (C=O) groups is 1. The molecular weight excluding hydrogens is 260 g/mol. The predicted molar refractivity (Wildman–Crippen MR) is 76.0 cm³/mol. The number of thiazole rings is 1. The quantitative estimate of drug-likeness (QED) is 0.887. The SMILES string of the molecule is Nc1nc(CC(=O)N2CCN(CC3CC3)CC2)cs1. The van der Waals surface area contributed by atoms with Gasteiger partial charge in [-0.2, -0.15) is 0 Å². The fourth-order valence-corrected chi connectivity index (χ4v) is 3.08. The van der Waals surface area contributed by atoms with Gasteiger partial charge in [-0.05, 0) is 18.8 Å². The molecule has 0 spiro atoms. The molecule has 0 atom stereocenters. The molecule has 1 saturated carbocycles. The molecule has 19 heavy (non-hydrogen) atoms. The second-order valence-electron chi connectivity index (χ2n) is 5.48. The number of carbonyl (C=O) groups excluding carboxylic acids is 1. The van der Waals surface area contributed by atoms with Crippen molar-refractivity contribution in [2.45, 2.75) is 19.3 Å². The van der Waals surface area contributed by atoms with Gasteiger partial charge in [0.2, 0.25) is 5.91 Å². The van der Waals surface area contributed by atoms with E-state index in [1.54, 1.807) is 0 Å². The Morgan fingerprint density at radius 2 is 2.11 bits per heavy atom. The number of nitrogens with zero attached hydrogens (tertiary/aromatic N) is 3. The number of piperazine rings is 1. The van der Waals surface area contributed by atoms with Gasteiger partial charge >= 0.3 is 0 Å². The van der Waals surface area contributed by atoms with Gasteiger partial charge in [-0.1, -0.05) is 0 Å². The molecule has 2 fully saturated rings. The van der Waals surface area contributed by atoms with Crippen LogP contribution in [0.3, 0.4) is 0 Å². The van der Waals surface area contributed by atoms with Crippen LogP contribution in [-0.4, -0.2) is 53.4 Å². The van der Waals surface area contributed by atoms with Crippen LogP contribution in [0.15, 0.2) is 5.38 Å². The Balaban J connectivity index is 1.46. The summed E-state index contributed by atoms with van der Waals surface area (Å²) >= 11 is 1.39. The summed E-state index contributed by atoms with van der Waals surface area (Å²) in [5, 5.41) is 2.41. The topological polar surface area (TPSA) is 62.5 Å². The number of nitrogens with two attached hydrogens (primary N) is 1. The molecule has 1 aliphatic carbocycles. The number of anilines is 1. The fraction of sp³-hybridized carbons (Fsp3) is 0.692. The lowest BCUT2D eigenvalue weighted by Gasteiger charge is -2.34. The zero-order valence-corrected chi connectivity index (χ0v) is 11.9. The number of hydrogen-bond donors (Lipinski definition) is 1. The van der Waals surface area contributed by atoms with E-state index in [1.807, 2.05) is 10.3 Å². The summed E-state index contributed by atoms with van der Waals surface area (Å²) in [7, 11) is 0. The molecule has 1 aliphatic heterocycles. The van der Waals surface area contributed by atoms with Gasteiger partial charge in [0.15, 0.2) is 5.13 Å². The lowest BCUT2D eigenvalue weighted by atomic mass is 10.2. The van der Waals surface area contributed by atoms with E-state index in [0.717, 1.165) is 37.8 Å². The Morgan fingerprint density at radius 3 is 2.68 bits per heavy atom. The Labute approximate surface area is 117 Å². The maximum atomic E-state index is 12.1. The summed E-state index contributed by atoms with van der Waals surface area (Å²) in [6.45, 7) is 4.96. The highest BCUT2D eigenvalue weighted by molar-refractivity contribution is 7.13. The average Bonchev–Trinajstić information content (AvgIpc) is 3.12. The molecule has 5 nitrogen and oxygen atoms in total. The van der Waals surface area contributed by atoms with Crippen molar-refractivity contribution >= 4 is 22.4 Å². The third kappa shape index (κ3) is 3.45. The first-order valence-electron chi connectivity index (χ1n) is 6.91. The summed E-state index contributed by atoms with van der Waals surface area (Å²) < 4.78 is 0. The number of amides is 1. The molecule has 0 aromatic carbocycles. The maximum Gasteiger partial charge on any atom is 0.228 e. The van der Waals surface area contributed by atoms with Crippen molar-refractivity contribution in [3.63, 3.8) is 0 Å². The van der Waals surface area contributed by atoms with E-state index in [1.165, 1.54) is 30.7 Å². The Hall–Kier alpha value is -1.14. The molecule has 2 heterocycles. The summed E-state index contributed by atoms with van der Waals surface area (Å²) in [6.07, 6.45) is 3.17. The molecule has 1 aromatic heterocycles. The molecule has 1 saturated heterocycles. The van der Waals surface area contributed by atoms with Gasteiger partial charge in [0, 0.05) is 38.1 Å². The minimum Gasteiger partial charge on any atom is -0.375 e. The van der Waals surface area contributed by atoms with Crippen LogP contribution in [0.1, 0.15) is 18.5 Å². The van der Waals surface area contributed by atoms with Crippen LogP contribution < -0.4 is 5.73 Å². The normalized spacial score (nSPS) is 20.7. The van der Waals surface area contributed by atoms with E-state index >= 15 is 0 Å². The van der Waals surface area contributed by atoms with Gasteiger partial charge in [0.1, 0.15) is 0 Å². The Bertz CT molecular complexity index is 449. The second kappa shape index (κ2) is 5.46. The lowest BCUT2D eigenvalue weighted by molar-refractivity contribution is -0.132. The number of hydrogen-bond acceptors (Lipinski definition) is 5. The van der Waals surface area contributed by atoms with Crippen molar-refractivity contribution in [2.24, 2.45) is 5.92 Å². The molecule has 2 N–H and O–H groups in total. The van der Waals surface area contributed by atoms with Gasteiger partial charge in [-0.15, -0.1) is 11.3 Å². The standard InChI is InChI=1S/C13H20N4OS/c14-13-15-11(9-19-13)7-12(18)17-5-3-16(4-6-17)8-10-1-2-10/h9-10H,1-8H2,(H2,14,15). The molecule has 3 rings (SSSR count). The summed E-state index contributed by atoms with van der Waals surface area (Å²) in [4.78, 5) is 20.7. The molecule has 0 unspecified atom stereocenters. The van der Waals surface area contributed by atoms with Crippen LogP contribution in [0.5, 0.6) is 0 Å². The molecule has 104 valence electrons. The third-order valence-electron chi connectivity index (χ3n) is 3.84. The van der Waals surface area contributed by atoms with Crippen molar-refractivity contribution in [3.05, 3.63) is 11.1 Å². The third-order valence-corrected chi connectivity index (χ3v) is 4.56. The largest absolute Gasteiger partial charge is 0.375 e. The average molecular weight is 280 g/mol. The number of aromatic nitrogens is 1. The summed E-state index contributed by atoms with van der Waals surface area (Å²) in [5.41, 5.74) is 6.38. The molecule has 0 radical (unpaired) electrons. The summed E-state index contributed by atoms with van der Waals surface area (Å²) in [6, 6.07) is 0. The molecule has 2 aliphatic rings. The Morgan fingerprint density at radius 1 is 1.37 bits per heavy atom. The van der Waals surface area contributed by atoms with Crippen LogP contribution in [0.4, 0.5) is 5.13 Å². The molecule has 6 heteroatoms. The molecule has 0 bridgehead atoms. The molecule has 1 aromatic rings. The van der Waals surface area contributed by atoms with E-state index < -0.39 is 0 Å². The van der Waals surface area contributed by atoms with Crippen LogP contribution in [0.25, 0.3) is 0 Å². The smallest absolute Gasteiger partial charge is 0.228 e. The fourth-order valence-electron chi connectivity index (χ4n) is 2.52. The van der Waals surface area contributed by atoms with Crippen LogP contribution >= 0.6 is 11.3 Å². The van der Waals surface area contributed by atoms with E-state index in [-0.39, 0.29) is 5.91 Å². The van der Waals surface area contributed by atoms with E-state index in [2.05, 4.69) is 9.88 Å². The minimum atomic E-state index is 0.177. The zero-order chi connectivity index (χ0) is 13.2. The Kier molecular flexibility index (Phi) is 3.70. The van der Waals surface area contributed by atoms with Gasteiger partial charge < -0.3 is 10.6 Å².